The Morgan fingerprint density at radius 1 is 1.13 bits per heavy atom. The zero-order valence-corrected chi connectivity index (χ0v) is 13.1. The first-order valence-corrected chi connectivity index (χ1v) is 7.42. The number of hydrogen-bond acceptors (Lipinski definition) is 4. The predicted molar refractivity (Wildman–Crippen MR) is 88.7 cm³/mol. The van der Waals surface area contributed by atoms with Gasteiger partial charge in [0.05, 0.1) is 16.9 Å². The summed E-state index contributed by atoms with van der Waals surface area (Å²) in [5, 5.41) is 2.86. The fraction of sp³-hybridized carbons (Fsp3) is 0.222. The second kappa shape index (κ2) is 6.12. The normalized spacial score (nSPS) is 16.3. The summed E-state index contributed by atoms with van der Waals surface area (Å²) in [6.07, 6.45) is -0.426. The fourth-order valence-electron chi connectivity index (χ4n) is 2.66. The standard InChI is InChI=1S/C18H18N2O3/c1-20(2)15-10-6-5-9-14(15)19-17(21)16-11-12-7-3-4-8-13(12)18(22)23-16/h3-10,16H,11H2,1-2H3,(H,19,21)/t16-/m1/s1. The maximum absolute atomic E-state index is 12.5. The molecule has 1 aliphatic rings. The molecule has 0 fully saturated rings. The number of nitrogens with zero attached hydrogens (tertiary/aromatic N) is 1. The molecule has 1 atom stereocenters. The molecule has 0 bridgehead atoms. The number of carbonyl (C=O) groups is 2. The molecule has 3 rings (SSSR count). The summed E-state index contributed by atoms with van der Waals surface area (Å²) < 4.78 is 5.28. The molecule has 0 aromatic heterocycles. The van der Waals surface area contributed by atoms with Gasteiger partial charge in [-0.3, -0.25) is 4.79 Å². The first-order valence-electron chi connectivity index (χ1n) is 7.42. The van der Waals surface area contributed by atoms with E-state index in [1.165, 1.54) is 0 Å². The lowest BCUT2D eigenvalue weighted by atomic mass is 9.98. The van der Waals surface area contributed by atoms with Crippen LogP contribution in [-0.2, 0) is 16.0 Å². The van der Waals surface area contributed by atoms with Crippen LogP contribution >= 0.6 is 0 Å². The number of amides is 1. The van der Waals surface area contributed by atoms with E-state index in [4.69, 9.17) is 4.74 Å². The van der Waals surface area contributed by atoms with Gasteiger partial charge in [-0.05, 0) is 23.8 Å². The molecular formula is C18H18N2O3. The summed E-state index contributed by atoms with van der Waals surface area (Å²) >= 11 is 0. The highest BCUT2D eigenvalue weighted by Gasteiger charge is 2.31. The number of anilines is 2. The summed E-state index contributed by atoms with van der Waals surface area (Å²) in [4.78, 5) is 26.4. The van der Waals surface area contributed by atoms with Gasteiger partial charge in [0, 0.05) is 20.5 Å². The van der Waals surface area contributed by atoms with Crippen LogP contribution in [0.4, 0.5) is 11.4 Å². The van der Waals surface area contributed by atoms with E-state index in [-0.39, 0.29) is 5.91 Å². The van der Waals surface area contributed by atoms with Crippen LogP contribution in [0.2, 0.25) is 0 Å². The molecule has 0 spiro atoms. The summed E-state index contributed by atoms with van der Waals surface area (Å²) in [5.41, 5.74) is 2.95. The van der Waals surface area contributed by atoms with Crippen molar-refractivity contribution in [1.29, 1.82) is 0 Å². The molecule has 1 amide bonds. The van der Waals surface area contributed by atoms with E-state index in [1.54, 1.807) is 12.1 Å². The smallest absolute Gasteiger partial charge is 0.339 e. The third-order valence-corrected chi connectivity index (χ3v) is 3.83. The Balaban J connectivity index is 1.79. The fourth-order valence-corrected chi connectivity index (χ4v) is 2.66. The van der Waals surface area contributed by atoms with Crippen LogP contribution in [0.3, 0.4) is 0 Å². The predicted octanol–water partition coefficient (Wildman–Crippen LogP) is 2.47. The lowest BCUT2D eigenvalue weighted by Crippen LogP contribution is -2.38. The molecule has 1 N–H and O–H groups in total. The van der Waals surface area contributed by atoms with Crippen molar-refractivity contribution in [3.63, 3.8) is 0 Å². The highest BCUT2D eigenvalue weighted by Crippen LogP contribution is 2.25. The first-order chi connectivity index (χ1) is 11.1. The lowest BCUT2D eigenvalue weighted by Gasteiger charge is -2.25. The van der Waals surface area contributed by atoms with Crippen molar-refractivity contribution in [2.45, 2.75) is 12.5 Å². The Labute approximate surface area is 134 Å². The van der Waals surface area contributed by atoms with Crippen LogP contribution in [0.15, 0.2) is 48.5 Å². The number of fused-ring (bicyclic) bond motifs is 1. The number of hydrogen-bond donors (Lipinski definition) is 1. The largest absolute Gasteiger partial charge is 0.448 e. The molecule has 0 saturated heterocycles. The SMILES string of the molecule is CN(C)c1ccccc1NC(=O)[C@H]1Cc2ccccc2C(=O)O1. The van der Waals surface area contributed by atoms with Crippen LogP contribution in [0.5, 0.6) is 0 Å². The summed E-state index contributed by atoms with van der Waals surface area (Å²) in [6, 6.07) is 14.7. The molecule has 1 aliphatic heterocycles. The average Bonchev–Trinajstić information content (AvgIpc) is 2.55. The zero-order valence-electron chi connectivity index (χ0n) is 13.1. The van der Waals surface area contributed by atoms with E-state index >= 15 is 0 Å². The van der Waals surface area contributed by atoms with Crippen LogP contribution in [0.1, 0.15) is 15.9 Å². The van der Waals surface area contributed by atoms with Gasteiger partial charge in [0.15, 0.2) is 6.10 Å². The van der Waals surface area contributed by atoms with E-state index in [9.17, 15) is 9.59 Å². The van der Waals surface area contributed by atoms with Crippen molar-refractivity contribution in [2.75, 3.05) is 24.3 Å². The Kier molecular flexibility index (Phi) is 4.02. The van der Waals surface area contributed by atoms with Crippen molar-refractivity contribution in [2.24, 2.45) is 0 Å². The minimum atomic E-state index is -0.812. The quantitative estimate of drug-likeness (QED) is 0.885. The monoisotopic (exact) mass is 310 g/mol. The number of carbonyl (C=O) groups excluding carboxylic acids is 2. The Bertz CT molecular complexity index is 755. The third-order valence-electron chi connectivity index (χ3n) is 3.83. The topological polar surface area (TPSA) is 58.6 Å². The minimum Gasteiger partial charge on any atom is -0.448 e. The maximum Gasteiger partial charge on any atom is 0.339 e. The summed E-state index contributed by atoms with van der Waals surface area (Å²) in [6.45, 7) is 0. The molecule has 118 valence electrons. The Morgan fingerprint density at radius 3 is 2.61 bits per heavy atom. The number of nitrogens with one attached hydrogen (secondary N) is 1. The van der Waals surface area contributed by atoms with Crippen LogP contribution in [-0.4, -0.2) is 32.1 Å². The zero-order chi connectivity index (χ0) is 16.4. The third kappa shape index (κ3) is 3.04. The van der Waals surface area contributed by atoms with Crippen LogP contribution in [0.25, 0.3) is 0 Å². The lowest BCUT2D eigenvalue weighted by molar-refractivity contribution is -0.125. The number of esters is 1. The van der Waals surface area contributed by atoms with Gasteiger partial charge in [-0.25, -0.2) is 4.79 Å². The molecule has 5 heteroatoms. The molecule has 1 heterocycles. The van der Waals surface area contributed by atoms with Crippen molar-refractivity contribution in [1.82, 2.24) is 0 Å². The van der Waals surface area contributed by atoms with Crippen LogP contribution < -0.4 is 10.2 Å². The van der Waals surface area contributed by atoms with Gasteiger partial charge >= 0.3 is 5.97 Å². The van der Waals surface area contributed by atoms with Gasteiger partial charge in [-0.15, -0.1) is 0 Å². The maximum atomic E-state index is 12.5. The van der Waals surface area contributed by atoms with Gasteiger partial charge < -0.3 is 15.0 Å². The molecular weight excluding hydrogens is 292 g/mol. The van der Waals surface area contributed by atoms with Gasteiger partial charge in [-0.1, -0.05) is 30.3 Å². The molecule has 0 unspecified atom stereocenters. The van der Waals surface area contributed by atoms with Gasteiger partial charge in [0.25, 0.3) is 5.91 Å². The molecule has 0 radical (unpaired) electrons. The first kappa shape index (κ1) is 15.1. The highest BCUT2D eigenvalue weighted by atomic mass is 16.5. The van der Waals surface area contributed by atoms with E-state index in [0.717, 1.165) is 11.3 Å². The van der Waals surface area contributed by atoms with Crippen molar-refractivity contribution in [3.8, 4) is 0 Å². The number of benzene rings is 2. The molecule has 0 saturated carbocycles. The molecule has 0 aliphatic carbocycles. The van der Waals surface area contributed by atoms with E-state index in [2.05, 4.69) is 5.32 Å². The second-order valence-corrected chi connectivity index (χ2v) is 5.66. The van der Waals surface area contributed by atoms with Crippen molar-refractivity contribution >= 4 is 23.3 Å². The number of ether oxygens (including phenoxy) is 1. The van der Waals surface area contributed by atoms with Gasteiger partial charge in [0.1, 0.15) is 0 Å². The second-order valence-electron chi connectivity index (χ2n) is 5.66. The van der Waals surface area contributed by atoms with Crippen molar-refractivity contribution < 1.29 is 14.3 Å². The van der Waals surface area contributed by atoms with Crippen molar-refractivity contribution in [3.05, 3.63) is 59.7 Å². The average molecular weight is 310 g/mol. The molecule has 5 nitrogen and oxygen atoms in total. The summed E-state index contributed by atoms with van der Waals surface area (Å²) in [5.74, 6) is -0.768. The number of para-hydroxylation sites is 2. The molecule has 2 aromatic rings. The van der Waals surface area contributed by atoms with Crippen LogP contribution in [0, 0.1) is 0 Å². The van der Waals surface area contributed by atoms with Gasteiger partial charge in [-0.2, -0.15) is 0 Å². The van der Waals surface area contributed by atoms with Gasteiger partial charge in [0.2, 0.25) is 0 Å². The number of rotatable bonds is 3. The van der Waals surface area contributed by atoms with E-state index in [0.29, 0.717) is 17.7 Å². The Morgan fingerprint density at radius 2 is 1.83 bits per heavy atom. The highest BCUT2D eigenvalue weighted by molar-refractivity contribution is 6.01. The van der Waals surface area contributed by atoms with E-state index in [1.807, 2.05) is 55.4 Å². The minimum absolute atomic E-state index is 0.317. The molecule has 23 heavy (non-hydrogen) atoms. The van der Waals surface area contributed by atoms with E-state index < -0.39 is 12.1 Å². The summed E-state index contributed by atoms with van der Waals surface area (Å²) in [7, 11) is 3.81. The number of cyclic esters (lactones) is 1. The Hall–Kier alpha value is -2.82. The molecule has 2 aromatic carbocycles.